The Kier molecular flexibility index (Phi) is 6.99. The van der Waals surface area contributed by atoms with Gasteiger partial charge in [-0.05, 0) is 48.7 Å². The number of carbonyl (C=O) groups excluding carboxylic acids is 1. The minimum Gasteiger partial charge on any atom is -0.352 e. The lowest BCUT2D eigenvalue weighted by Gasteiger charge is -2.24. The molecule has 0 atom stereocenters. The first-order valence-electron chi connectivity index (χ1n) is 8.17. The molecule has 2 rings (SSSR count). The molecule has 2 aromatic rings. The maximum Gasteiger partial charge on any atom is 0.232 e. The number of aromatic nitrogens is 1. The third-order valence-corrected chi connectivity index (χ3v) is 5.26. The van der Waals surface area contributed by atoms with Crippen LogP contribution in [0.3, 0.4) is 0 Å². The molecule has 0 saturated heterocycles. The van der Waals surface area contributed by atoms with Gasteiger partial charge in [0.2, 0.25) is 15.9 Å². The summed E-state index contributed by atoms with van der Waals surface area (Å²) in [6.45, 7) is 2.46. The van der Waals surface area contributed by atoms with E-state index in [0.717, 1.165) is 17.4 Å². The van der Waals surface area contributed by atoms with E-state index in [2.05, 4.69) is 10.3 Å². The van der Waals surface area contributed by atoms with E-state index in [1.54, 1.807) is 30.6 Å². The molecule has 1 amide bonds. The molecule has 1 N–H and O–H groups in total. The first-order valence-corrected chi connectivity index (χ1v) is 10.4. The van der Waals surface area contributed by atoms with Gasteiger partial charge < -0.3 is 5.32 Å². The van der Waals surface area contributed by atoms with Crippen molar-refractivity contribution in [3.8, 4) is 0 Å². The molecule has 1 heterocycles. The minimum atomic E-state index is -3.47. The number of carbonyl (C=O) groups is 1. The fourth-order valence-electron chi connectivity index (χ4n) is 2.49. The first kappa shape index (κ1) is 20.2. The summed E-state index contributed by atoms with van der Waals surface area (Å²) in [4.78, 5) is 15.9. The molecule has 6 nitrogen and oxygen atoms in total. The molecule has 0 spiro atoms. The number of hydrogen-bond acceptors (Lipinski definition) is 4. The van der Waals surface area contributed by atoms with Crippen LogP contribution in [0.15, 0.2) is 42.7 Å². The van der Waals surface area contributed by atoms with E-state index in [0.29, 0.717) is 23.7 Å². The van der Waals surface area contributed by atoms with Gasteiger partial charge in [-0.3, -0.25) is 14.1 Å². The normalized spacial score (nSPS) is 11.2. The fourth-order valence-corrected chi connectivity index (χ4v) is 3.67. The SMILES string of the molecule is Cc1ccc(Cl)cc1N(CCCC(=O)NCc1ccncc1)S(C)(=O)=O. The predicted octanol–water partition coefficient (Wildman–Crippen LogP) is 2.91. The number of nitrogens with zero attached hydrogens (tertiary/aromatic N) is 2. The Labute approximate surface area is 159 Å². The van der Waals surface area contributed by atoms with E-state index < -0.39 is 10.0 Å². The van der Waals surface area contributed by atoms with E-state index in [1.807, 2.05) is 19.1 Å². The average molecular weight is 396 g/mol. The van der Waals surface area contributed by atoms with Crippen molar-refractivity contribution in [2.45, 2.75) is 26.3 Å². The largest absolute Gasteiger partial charge is 0.352 e. The van der Waals surface area contributed by atoms with Crippen LogP contribution >= 0.6 is 11.6 Å². The number of rotatable bonds is 8. The molecule has 1 aromatic heterocycles. The summed E-state index contributed by atoms with van der Waals surface area (Å²) in [5.74, 6) is -0.127. The van der Waals surface area contributed by atoms with Gasteiger partial charge >= 0.3 is 0 Å². The quantitative estimate of drug-likeness (QED) is 0.745. The van der Waals surface area contributed by atoms with Gasteiger partial charge in [-0.15, -0.1) is 0 Å². The van der Waals surface area contributed by atoms with Crippen LogP contribution in [0.25, 0.3) is 0 Å². The van der Waals surface area contributed by atoms with Crippen molar-refractivity contribution in [2.75, 3.05) is 17.1 Å². The Bertz CT molecular complexity index is 857. The zero-order valence-corrected chi connectivity index (χ0v) is 16.3. The van der Waals surface area contributed by atoms with Gasteiger partial charge in [0.05, 0.1) is 11.9 Å². The highest BCUT2D eigenvalue weighted by Gasteiger charge is 2.19. The van der Waals surface area contributed by atoms with Crippen molar-refractivity contribution in [1.29, 1.82) is 0 Å². The van der Waals surface area contributed by atoms with Crippen LogP contribution in [0.5, 0.6) is 0 Å². The lowest BCUT2D eigenvalue weighted by atomic mass is 10.2. The van der Waals surface area contributed by atoms with Crippen molar-refractivity contribution in [3.05, 3.63) is 58.9 Å². The molecular formula is C18H22ClN3O3S. The van der Waals surface area contributed by atoms with Crippen LogP contribution < -0.4 is 9.62 Å². The molecule has 140 valence electrons. The fraction of sp³-hybridized carbons (Fsp3) is 0.333. The van der Waals surface area contributed by atoms with Crippen LogP contribution in [0.4, 0.5) is 5.69 Å². The maximum absolute atomic E-state index is 12.2. The summed E-state index contributed by atoms with van der Waals surface area (Å²) in [6, 6.07) is 8.77. The van der Waals surface area contributed by atoms with E-state index in [4.69, 9.17) is 11.6 Å². The summed E-state index contributed by atoms with van der Waals surface area (Å²) in [6.07, 6.45) is 5.12. The maximum atomic E-state index is 12.2. The zero-order valence-electron chi connectivity index (χ0n) is 14.8. The van der Waals surface area contributed by atoms with Crippen LogP contribution in [-0.4, -0.2) is 32.1 Å². The van der Waals surface area contributed by atoms with Crippen LogP contribution in [0.2, 0.25) is 5.02 Å². The number of halogens is 1. The molecule has 0 radical (unpaired) electrons. The number of hydrogen-bond donors (Lipinski definition) is 1. The predicted molar refractivity (Wildman–Crippen MR) is 104 cm³/mol. The van der Waals surface area contributed by atoms with E-state index >= 15 is 0 Å². The second-order valence-electron chi connectivity index (χ2n) is 6.00. The number of pyridine rings is 1. The van der Waals surface area contributed by atoms with E-state index in [-0.39, 0.29) is 18.9 Å². The summed E-state index contributed by atoms with van der Waals surface area (Å²) in [7, 11) is -3.47. The van der Waals surface area contributed by atoms with Crippen LogP contribution in [-0.2, 0) is 21.4 Å². The summed E-state index contributed by atoms with van der Waals surface area (Å²) in [5, 5.41) is 3.28. The monoisotopic (exact) mass is 395 g/mol. The Balaban J connectivity index is 1.94. The molecule has 0 aliphatic carbocycles. The topological polar surface area (TPSA) is 79.4 Å². The van der Waals surface area contributed by atoms with Crippen molar-refractivity contribution in [2.24, 2.45) is 0 Å². The third kappa shape index (κ3) is 6.00. The van der Waals surface area contributed by atoms with Crippen molar-refractivity contribution >= 4 is 33.2 Å². The van der Waals surface area contributed by atoms with Gasteiger partial charge in [-0.25, -0.2) is 8.42 Å². The van der Waals surface area contributed by atoms with E-state index in [9.17, 15) is 13.2 Å². The smallest absolute Gasteiger partial charge is 0.232 e. The molecule has 8 heteroatoms. The van der Waals surface area contributed by atoms with Gasteiger partial charge in [0, 0.05) is 36.9 Å². The molecule has 0 fully saturated rings. The zero-order chi connectivity index (χ0) is 19.2. The second kappa shape index (κ2) is 9.00. The minimum absolute atomic E-state index is 0.127. The number of sulfonamides is 1. The van der Waals surface area contributed by atoms with Crippen LogP contribution in [0.1, 0.15) is 24.0 Å². The lowest BCUT2D eigenvalue weighted by molar-refractivity contribution is -0.121. The number of aryl methyl sites for hydroxylation is 1. The number of benzene rings is 1. The standard InChI is InChI=1S/C18H22ClN3O3S/c1-14-5-6-16(19)12-17(14)22(26(2,24)25)11-3-4-18(23)21-13-15-7-9-20-10-8-15/h5-10,12H,3-4,11,13H2,1-2H3,(H,21,23). The Hall–Kier alpha value is -2.12. The number of anilines is 1. The Morgan fingerprint density at radius 3 is 2.58 bits per heavy atom. The number of amides is 1. The highest BCUT2D eigenvalue weighted by Crippen LogP contribution is 2.26. The second-order valence-corrected chi connectivity index (χ2v) is 8.34. The molecule has 26 heavy (non-hydrogen) atoms. The van der Waals surface area contributed by atoms with Crippen molar-refractivity contribution in [3.63, 3.8) is 0 Å². The molecule has 1 aromatic carbocycles. The summed E-state index contributed by atoms with van der Waals surface area (Å²) in [5.41, 5.74) is 2.31. The molecule has 0 bridgehead atoms. The van der Waals surface area contributed by atoms with Gasteiger partial charge in [-0.2, -0.15) is 0 Å². The van der Waals surface area contributed by atoms with Gasteiger partial charge in [0.15, 0.2) is 0 Å². The highest BCUT2D eigenvalue weighted by atomic mass is 35.5. The Morgan fingerprint density at radius 2 is 1.92 bits per heavy atom. The van der Waals surface area contributed by atoms with Crippen molar-refractivity contribution in [1.82, 2.24) is 10.3 Å². The first-order chi connectivity index (χ1) is 12.3. The molecular weight excluding hydrogens is 374 g/mol. The van der Waals surface area contributed by atoms with Crippen molar-refractivity contribution < 1.29 is 13.2 Å². The lowest BCUT2D eigenvalue weighted by Crippen LogP contribution is -2.32. The number of nitrogens with one attached hydrogen (secondary N) is 1. The molecule has 0 saturated carbocycles. The third-order valence-electron chi connectivity index (χ3n) is 3.84. The van der Waals surface area contributed by atoms with E-state index in [1.165, 1.54) is 4.31 Å². The summed E-state index contributed by atoms with van der Waals surface area (Å²) < 4.78 is 25.6. The molecule has 0 unspecified atom stereocenters. The molecule has 0 aliphatic heterocycles. The van der Waals surface area contributed by atoms with Crippen LogP contribution in [0, 0.1) is 6.92 Å². The average Bonchev–Trinajstić information content (AvgIpc) is 2.59. The highest BCUT2D eigenvalue weighted by molar-refractivity contribution is 7.92. The van der Waals surface area contributed by atoms with Gasteiger partial charge in [0.25, 0.3) is 0 Å². The van der Waals surface area contributed by atoms with Gasteiger partial charge in [0.1, 0.15) is 0 Å². The Morgan fingerprint density at radius 1 is 1.23 bits per heavy atom. The summed E-state index contributed by atoms with van der Waals surface area (Å²) >= 11 is 6.00. The molecule has 0 aliphatic rings. The van der Waals surface area contributed by atoms with Gasteiger partial charge in [-0.1, -0.05) is 17.7 Å².